The van der Waals surface area contributed by atoms with Crippen LogP contribution in [0.1, 0.15) is 58.9 Å². The van der Waals surface area contributed by atoms with Crippen molar-refractivity contribution in [3.05, 3.63) is 65.2 Å². The number of thioether (sulfide) groups is 1. The molecule has 0 fully saturated rings. The second-order valence-corrected chi connectivity index (χ2v) is 8.23. The average Bonchev–Trinajstić information content (AvgIpc) is 2.99. The summed E-state index contributed by atoms with van der Waals surface area (Å²) >= 11 is 1.58. The maximum atomic E-state index is 13.1. The minimum absolute atomic E-state index is 0.343. The molecule has 1 aliphatic rings. The number of benzene rings is 2. The Labute approximate surface area is 175 Å². The van der Waals surface area contributed by atoms with Gasteiger partial charge in [-0.2, -0.15) is 11.8 Å². The SMILES string of the molecule is CC[C@H](C)c1ccc(NC(=O)[C@H](CCSC)N2C(=O)c3ccccc3C2=O)cc1. The molecule has 0 spiro atoms. The number of hydrogen-bond donors (Lipinski definition) is 1. The van der Waals surface area contributed by atoms with Crippen LogP contribution in [0.3, 0.4) is 0 Å². The van der Waals surface area contributed by atoms with E-state index in [4.69, 9.17) is 0 Å². The van der Waals surface area contributed by atoms with Crippen LogP contribution in [-0.4, -0.2) is 40.7 Å². The number of nitrogens with zero attached hydrogens (tertiary/aromatic N) is 1. The van der Waals surface area contributed by atoms with Gasteiger partial charge < -0.3 is 5.32 Å². The molecule has 0 aromatic heterocycles. The molecule has 6 heteroatoms. The Bertz CT molecular complexity index is 876. The number of nitrogens with one attached hydrogen (secondary N) is 1. The molecule has 0 saturated heterocycles. The van der Waals surface area contributed by atoms with E-state index in [0.29, 0.717) is 34.9 Å². The zero-order valence-electron chi connectivity index (χ0n) is 17.0. The minimum atomic E-state index is -0.843. The molecule has 2 atom stereocenters. The Kier molecular flexibility index (Phi) is 6.75. The summed E-state index contributed by atoms with van der Waals surface area (Å²) in [5, 5.41) is 2.89. The summed E-state index contributed by atoms with van der Waals surface area (Å²) in [4.78, 5) is 39.9. The van der Waals surface area contributed by atoms with Crippen molar-refractivity contribution in [1.82, 2.24) is 4.90 Å². The van der Waals surface area contributed by atoms with Gasteiger partial charge in [-0.1, -0.05) is 38.1 Å². The van der Waals surface area contributed by atoms with E-state index in [1.165, 1.54) is 5.56 Å². The molecule has 2 aromatic rings. The number of anilines is 1. The smallest absolute Gasteiger partial charge is 0.262 e. The zero-order valence-corrected chi connectivity index (χ0v) is 17.8. The van der Waals surface area contributed by atoms with Crippen LogP contribution in [0.25, 0.3) is 0 Å². The maximum Gasteiger partial charge on any atom is 0.262 e. The van der Waals surface area contributed by atoms with Crippen molar-refractivity contribution in [2.24, 2.45) is 0 Å². The van der Waals surface area contributed by atoms with Gasteiger partial charge >= 0.3 is 0 Å². The Morgan fingerprint density at radius 2 is 1.62 bits per heavy atom. The highest BCUT2D eigenvalue weighted by Crippen LogP contribution is 2.27. The zero-order chi connectivity index (χ0) is 21.0. The van der Waals surface area contributed by atoms with Gasteiger partial charge in [0.15, 0.2) is 0 Å². The van der Waals surface area contributed by atoms with Gasteiger partial charge in [0.2, 0.25) is 5.91 Å². The fourth-order valence-electron chi connectivity index (χ4n) is 3.45. The topological polar surface area (TPSA) is 66.5 Å². The summed E-state index contributed by atoms with van der Waals surface area (Å²) in [5.74, 6) is -0.0338. The van der Waals surface area contributed by atoms with Gasteiger partial charge in [-0.25, -0.2) is 0 Å². The Morgan fingerprint density at radius 1 is 1.03 bits per heavy atom. The van der Waals surface area contributed by atoms with E-state index in [9.17, 15) is 14.4 Å². The summed E-state index contributed by atoms with van der Waals surface area (Å²) in [6.07, 6.45) is 3.39. The van der Waals surface area contributed by atoms with E-state index in [1.54, 1.807) is 36.0 Å². The monoisotopic (exact) mass is 410 g/mol. The predicted octanol–water partition coefficient (Wildman–Crippen LogP) is 4.56. The molecule has 1 heterocycles. The Balaban J connectivity index is 1.81. The highest BCUT2D eigenvalue weighted by molar-refractivity contribution is 7.98. The molecule has 5 nitrogen and oxygen atoms in total. The molecule has 0 bridgehead atoms. The summed E-state index contributed by atoms with van der Waals surface area (Å²) in [6, 6.07) is 13.6. The fraction of sp³-hybridized carbons (Fsp3) is 0.348. The third kappa shape index (κ3) is 4.37. The number of carbonyl (C=O) groups excluding carboxylic acids is 3. The van der Waals surface area contributed by atoms with Crippen molar-refractivity contribution in [2.45, 2.75) is 38.6 Å². The summed E-state index contributed by atoms with van der Waals surface area (Å²) in [6.45, 7) is 4.30. The van der Waals surface area contributed by atoms with E-state index in [0.717, 1.165) is 11.3 Å². The molecular weight excluding hydrogens is 384 g/mol. The van der Waals surface area contributed by atoms with Crippen LogP contribution in [0.15, 0.2) is 48.5 Å². The van der Waals surface area contributed by atoms with Gasteiger partial charge in [0.1, 0.15) is 6.04 Å². The third-order valence-electron chi connectivity index (χ3n) is 5.39. The molecule has 3 rings (SSSR count). The van der Waals surface area contributed by atoms with E-state index in [2.05, 4.69) is 19.2 Å². The van der Waals surface area contributed by atoms with Crippen molar-refractivity contribution in [2.75, 3.05) is 17.3 Å². The molecule has 2 aromatic carbocycles. The molecule has 0 unspecified atom stereocenters. The lowest BCUT2D eigenvalue weighted by Crippen LogP contribution is -2.47. The molecule has 152 valence electrons. The second kappa shape index (κ2) is 9.27. The van der Waals surface area contributed by atoms with Crippen molar-refractivity contribution < 1.29 is 14.4 Å². The van der Waals surface area contributed by atoms with Crippen molar-refractivity contribution >= 4 is 35.2 Å². The van der Waals surface area contributed by atoms with Crippen molar-refractivity contribution in [1.29, 1.82) is 0 Å². The van der Waals surface area contributed by atoms with Crippen LogP contribution in [0.4, 0.5) is 5.69 Å². The van der Waals surface area contributed by atoms with E-state index >= 15 is 0 Å². The van der Waals surface area contributed by atoms with E-state index < -0.39 is 17.9 Å². The lowest BCUT2D eigenvalue weighted by atomic mass is 9.98. The van der Waals surface area contributed by atoms with Crippen molar-refractivity contribution in [3.8, 4) is 0 Å². The third-order valence-corrected chi connectivity index (χ3v) is 6.04. The van der Waals surface area contributed by atoms with Gasteiger partial charge in [0.05, 0.1) is 11.1 Å². The Morgan fingerprint density at radius 3 is 2.14 bits per heavy atom. The quantitative estimate of drug-likeness (QED) is 0.648. The normalized spacial score (nSPS) is 15.2. The van der Waals surface area contributed by atoms with Gasteiger partial charge in [0, 0.05) is 5.69 Å². The van der Waals surface area contributed by atoms with Crippen molar-refractivity contribution in [3.63, 3.8) is 0 Å². The second-order valence-electron chi connectivity index (χ2n) is 7.24. The first kappa shape index (κ1) is 21.1. The van der Waals surface area contributed by atoms with Gasteiger partial charge in [-0.15, -0.1) is 0 Å². The first-order valence-electron chi connectivity index (χ1n) is 9.84. The molecule has 0 radical (unpaired) electrons. The van der Waals surface area contributed by atoms with Crippen LogP contribution >= 0.6 is 11.8 Å². The molecule has 29 heavy (non-hydrogen) atoms. The largest absolute Gasteiger partial charge is 0.324 e. The molecule has 3 amide bonds. The molecule has 0 saturated carbocycles. The number of imide groups is 1. The molecule has 1 N–H and O–H groups in total. The van der Waals surface area contributed by atoms with Crippen LogP contribution in [-0.2, 0) is 4.79 Å². The predicted molar refractivity (Wildman–Crippen MR) is 118 cm³/mol. The number of amides is 3. The number of carbonyl (C=O) groups is 3. The van der Waals surface area contributed by atoms with E-state index in [1.807, 2.05) is 30.5 Å². The fourth-order valence-corrected chi connectivity index (χ4v) is 3.91. The highest BCUT2D eigenvalue weighted by Gasteiger charge is 2.42. The first-order chi connectivity index (χ1) is 14.0. The van der Waals surface area contributed by atoms with E-state index in [-0.39, 0.29) is 5.91 Å². The van der Waals surface area contributed by atoms with Crippen LogP contribution < -0.4 is 5.32 Å². The number of hydrogen-bond acceptors (Lipinski definition) is 4. The molecular formula is C23H26N2O3S. The standard InChI is InChI=1S/C23H26N2O3S/c1-4-15(2)16-9-11-17(12-10-16)24-21(26)20(13-14-29-3)25-22(27)18-7-5-6-8-19(18)23(25)28/h5-12,15,20H,4,13-14H2,1-3H3,(H,24,26)/t15-,20-/m0/s1. The summed E-state index contributed by atoms with van der Waals surface area (Å²) in [5.41, 5.74) is 2.59. The maximum absolute atomic E-state index is 13.1. The molecule has 0 aliphatic carbocycles. The average molecular weight is 411 g/mol. The highest BCUT2D eigenvalue weighted by atomic mass is 32.2. The summed E-state index contributed by atoms with van der Waals surface area (Å²) < 4.78 is 0. The van der Waals surface area contributed by atoms with Crippen LogP contribution in [0.5, 0.6) is 0 Å². The number of fused-ring (bicyclic) bond motifs is 1. The molecule has 1 aliphatic heterocycles. The van der Waals surface area contributed by atoms with Gasteiger partial charge in [-0.3, -0.25) is 19.3 Å². The lowest BCUT2D eigenvalue weighted by molar-refractivity contribution is -0.120. The summed E-state index contributed by atoms with van der Waals surface area (Å²) in [7, 11) is 0. The Hall–Kier alpha value is -2.60. The van der Waals surface area contributed by atoms with Crippen LogP contribution in [0.2, 0.25) is 0 Å². The van der Waals surface area contributed by atoms with Gasteiger partial charge in [-0.05, 0) is 60.6 Å². The minimum Gasteiger partial charge on any atom is -0.324 e. The van der Waals surface area contributed by atoms with Crippen LogP contribution in [0, 0.1) is 0 Å². The number of rotatable bonds is 8. The lowest BCUT2D eigenvalue weighted by Gasteiger charge is -2.25. The van der Waals surface area contributed by atoms with Gasteiger partial charge in [0.25, 0.3) is 11.8 Å². The first-order valence-corrected chi connectivity index (χ1v) is 11.2.